The average molecular weight is 501 g/mol. The van der Waals surface area contributed by atoms with Crippen molar-refractivity contribution in [2.75, 3.05) is 18.1 Å². The Morgan fingerprint density at radius 1 is 0.784 bits per heavy atom. The maximum Gasteiger partial charge on any atom is 0.353 e. The van der Waals surface area contributed by atoms with E-state index in [0.717, 1.165) is 42.7 Å². The smallest absolute Gasteiger partial charge is 0.353 e. The molecule has 4 rings (SSSR count). The van der Waals surface area contributed by atoms with Crippen molar-refractivity contribution in [1.29, 1.82) is 0 Å². The maximum absolute atomic E-state index is 12.5. The highest BCUT2D eigenvalue weighted by molar-refractivity contribution is 5.86. The van der Waals surface area contributed by atoms with E-state index in [2.05, 4.69) is 11.5 Å². The quantitative estimate of drug-likeness (QED) is 0.157. The minimum atomic E-state index is -0.646. The van der Waals surface area contributed by atoms with Crippen LogP contribution in [-0.2, 0) is 14.3 Å². The molecule has 0 amide bonds. The van der Waals surface area contributed by atoms with Gasteiger partial charge in [-0.05, 0) is 73.5 Å². The summed E-state index contributed by atoms with van der Waals surface area (Å²) in [7, 11) is 0. The Morgan fingerprint density at radius 3 is 1.95 bits per heavy atom. The molecule has 0 unspecified atom stereocenters. The van der Waals surface area contributed by atoms with Gasteiger partial charge in [-0.15, -0.1) is 0 Å². The number of carbonyl (C=O) groups excluding carboxylic acids is 2. The van der Waals surface area contributed by atoms with E-state index >= 15 is 0 Å². The summed E-state index contributed by atoms with van der Waals surface area (Å²) in [5.74, 6) is 0.416. The van der Waals surface area contributed by atoms with E-state index in [1.807, 2.05) is 78.9 Å². The number of nitrogens with zero attached hydrogens (tertiary/aromatic N) is 1. The number of rotatable bonds is 10. The molecule has 0 bridgehead atoms. The van der Waals surface area contributed by atoms with E-state index in [1.165, 1.54) is 6.42 Å². The van der Waals surface area contributed by atoms with Crippen molar-refractivity contribution in [1.82, 2.24) is 0 Å². The summed E-state index contributed by atoms with van der Waals surface area (Å²) in [5.41, 5.74) is 7.99. The third-order valence-corrected chi connectivity index (χ3v) is 6.21. The van der Waals surface area contributed by atoms with Gasteiger partial charge < -0.3 is 24.8 Å². The number of para-hydroxylation sites is 1. The van der Waals surface area contributed by atoms with Gasteiger partial charge >= 0.3 is 11.9 Å². The number of hydrogen-bond acceptors (Lipinski definition) is 7. The van der Waals surface area contributed by atoms with Crippen LogP contribution in [0.15, 0.2) is 91.1 Å². The average Bonchev–Trinajstić information content (AvgIpc) is 2.94. The van der Waals surface area contributed by atoms with E-state index < -0.39 is 5.97 Å². The van der Waals surface area contributed by atoms with Crippen LogP contribution in [-0.4, -0.2) is 25.2 Å². The van der Waals surface area contributed by atoms with Crippen molar-refractivity contribution < 1.29 is 23.8 Å². The van der Waals surface area contributed by atoms with Gasteiger partial charge in [0.2, 0.25) is 0 Å². The molecule has 1 saturated carbocycles. The third-order valence-electron chi connectivity index (χ3n) is 6.21. The molecule has 7 nitrogen and oxygen atoms in total. The topological polar surface area (TPSA) is 91.1 Å². The molecule has 1 aliphatic carbocycles. The van der Waals surface area contributed by atoms with Crippen LogP contribution in [0.5, 0.6) is 11.5 Å². The first-order valence-corrected chi connectivity index (χ1v) is 12.5. The minimum absolute atomic E-state index is 0.00199. The monoisotopic (exact) mass is 500 g/mol. The first-order chi connectivity index (χ1) is 18.0. The lowest BCUT2D eigenvalue weighted by atomic mass is 9.89. The predicted octanol–water partition coefficient (Wildman–Crippen LogP) is 6.04. The number of carbonyl (C=O) groups is 2. The van der Waals surface area contributed by atoms with E-state index in [4.69, 9.17) is 19.9 Å². The molecule has 1 fully saturated rings. The summed E-state index contributed by atoms with van der Waals surface area (Å²) in [6.07, 6.45) is 5.20. The summed E-state index contributed by atoms with van der Waals surface area (Å²) in [4.78, 5) is 26.0. The third kappa shape index (κ3) is 7.13. The largest absolute Gasteiger partial charge is 0.490 e. The van der Waals surface area contributed by atoms with E-state index in [1.54, 1.807) is 0 Å². The normalized spacial score (nSPS) is 13.4. The number of benzene rings is 3. The maximum atomic E-state index is 12.5. The SMILES string of the molecule is C=C(N)C(=O)OCCOc1ccc(N(c2ccccc2)c2ccc(OC(=O)C3CCCCC3)cc2)cc1. The van der Waals surface area contributed by atoms with Gasteiger partial charge in [0.1, 0.15) is 30.4 Å². The molecule has 3 aromatic rings. The fraction of sp³-hybridized carbons (Fsp3) is 0.267. The second-order valence-electron chi connectivity index (χ2n) is 8.92. The first kappa shape index (κ1) is 25.8. The number of hydrogen-bond donors (Lipinski definition) is 1. The van der Waals surface area contributed by atoms with Gasteiger partial charge in [-0.25, -0.2) is 4.79 Å². The van der Waals surface area contributed by atoms with Crippen molar-refractivity contribution >= 4 is 29.0 Å². The number of ether oxygens (including phenoxy) is 3. The Morgan fingerprint density at radius 2 is 1.35 bits per heavy atom. The molecule has 3 aromatic carbocycles. The van der Waals surface area contributed by atoms with Gasteiger partial charge in [0, 0.05) is 17.1 Å². The first-order valence-electron chi connectivity index (χ1n) is 12.5. The highest BCUT2D eigenvalue weighted by atomic mass is 16.6. The zero-order valence-electron chi connectivity index (χ0n) is 20.8. The Hall–Kier alpha value is -4.26. The van der Waals surface area contributed by atoms with Gasteiger partial charge in [0.25, 0.3) is 0 Å². The molecule has 0 spiro atoms. The molecule has 7 heteroatoms. The molecular weight excluding hydrogens is 468 g/mol. The van der Waals surface area contributed by atoms with Crippen LogP contribution in [0.2, 0.25) is 0 Å². The second kappa shape index (κ2) is 12.6. The summed E-state index contributed by atoms with van der Waals surface area (Å²) < 4.78 is 16.3. The van der Waals surface area contributed by atoms with Crippen molar-refractivity contribution in [2.45, 2.75) is 32.1 Å². The van der Waals surface area contributed by atoms with Crippen LogP contribution in [0.25, 0.3) is 0 Å². The highest BCUT2D eigenvalue weighted by Crippen LogP contribution is 2.36. The van der Waals surface area contributed by atoms with E-state index in [-0.39, 0.29) is 30.8 Å². The van der Waals surface area contributed by atoms with Crippen molar-refractivity contribution in [3.05, 3.63) is 91.1 Å². The van der Waals surface area contributed by atoms with Gasteiger partial charge in [0.05, 0.1) is 5.92 Å². The Bertz CT molecular complexity index is 1190. The van der Waals surface area contributed by atoms with Crippen LogP contribution in [0.4, 0.5) is 17.1 Å². The molecule has 0 aliphatic heterocycles. The van der Waals surface area contributed by atoms with Crippen LogP contribution in [0, 0.1) is 5.92 Å². The van der Waals surface area contributed by atoms with Crippen molar-refractivity contribution in [2.24, 2.45) is 11.7 Å². The van der Waals surface area contributed by atoms with Gasteiger partial charge in [-0.3, -0.25) is 4.79 Å². The Balaban J connectivity index is 1.45. The van der Waals surface area contributed by atoms with Gasteiger partial charge in [0.15, 0.2) is 0 Å². The second-order valence-corrected chi connectivity index (χ2v) is 8.92. The molecular formula is C30H32N2O5. The lowest BCUT2D eigenvalue weighted by Crippen LogP contribution is -2.22. The molecule has 0 saturated heterocycles. The Kier molecular flexibility index (Phi) is 8.81. The van der Waals surface area contributed by atoms with Crippen LogP contribution < -0.4 is 20.1 Å². The lowest BCUT2D eigenvalue weighted by Gasteiger charge is -2.26. The standard InChI is InChI=1S/C30H32N2O5/c1-22(31)29(33)36-21-20-35-27-16-12-25(13-17-27)32(24-10-6-3-7-11-24)26-14-18-28(19-15-26)37-30(34)23-8-4-2-5-9-23/h3,6-7,10-19,23H,1-2,4-5,8-9,20-21,31H2. The minimum Gasteiger partial charge on any atom is -0.490 e. The van der Waals surface area contributed by atoms with Gasteiger partial charge in [-0.1, -0.05) is 44.0 Å². The van der Waals surface area contributed by atoms with Crippen molar-refractivity contribution in [3.63, 3.8) is 0 Å². The fourth-order valence-corrected chi connectivity index (χ4v) is 4.30. The van der Waals surface area contributed by atoms with Crippen LogP contribution >= 0.6 is 0 Å². The summed E-state index contributed by atoms with van der Waals surface area (Å²) in [5, 5.41) is 0. The number of nitrogens with two attached hydrogens (primary N) is 1. The zero-order chi connectivity index (χ0) is 26.0. The Labute approximate surface area is 217 Å². The molecule has 0 radical (unpaired) electrons. The molecule has 0 heterocycles. The van der Waals surface area contributed by atoms with E-state index in [9.17, 15) is 9.59 Å². The summed E-state index contributed by atoms with van der Waals surface area (Å²) >= 11 is 0. The van der Waals surface area contributed by atoms with Gasteiger partial charge in [-0.2, -0.15) is 0 Å². The fourth-order valence-electron chi connectivity index (χ4n) is 4.30. The predicted molar refractivity (Wildman–Crippen MR) is 143 cm³/mol. The van der Waals surface area contributed by atoms with Crippen molar-refractivity contribution in [3.8, 4) is 11.5 Å². The van der Waals surface area contributed by atoms with E-state index in [0.29, 0.717) is 11.5 Å². The lowest BCUT2D eigenvalue weighted by molar-refractivity contribution is -0.140. The van der Waals surface area contributed by atoms with Crippen LogP contribution in [0.3, 0.4) is 0 Å². The summed E-state index contributed by atoms with van der Waals surface area (Å²) in [6.45, 7) is 3.61. The summed E-state index contributed by atoms with van der Waals surface area (Å²) in [6, 6.07) is 25.2. The molecule has 2 N–H and O–H groups in total. The molecule has 0 atom stereocenters. The molecule has 1 aliphatic rings. The number of esters is 2. The molecule has 37 heavy (non-hydrogen) atoms. The molecule has 0 aromatic heterocycles. The van der Waals surface area contributed by atoms with Crippen LogP contribution in [0.1, 0.15) is 32.1 Å². The zero-order valence-corrected chi connectivity index (χ0v) is 20.8. The highest BCUT2D eigenvalue weighted by Gasteiger charge is 2.23. The number of anilines is 3. The molecule has 192 valence electrons.